The number of aliphatic hydroxyl groups excluding tert-OH is 1. The van der Waals surface area contributed by atoms with Crippen LogP contribution in [-0.4, -0.2) is 22.8 Å². The van der Waals surface area contributed by atoms with E-state index < -0.39 is 5.97 Å². The second-order valence-corrected chi connectivity index (χ2v) is 5.89. The van der Waals surface area contributed by atoms with Gasteiger partial charge >= 0.3 is 5.97 Å². The van der Waals surface area contributed by atoms with Crippen LogP contribution in [0, 0.1) is 11.8 Å². The number of carboxylic acids is 1. The number of aliphatic carboxylic acids is 1. The van der Waals surface area contributed by atoms with E-state index in [-0.39, 0.29) is 0 Å². The van der Waals surface area contributed by atoms with Crippen molar-refractivity contribution >= 4 is 5.97 Å². The molecule has 3 heteroatoms. The van der Waals surface area contributed by atoms with E-state index in [1.54, 1.807) is 0 Å². The maximum Gasteiger partial charge on any atom is 0.303 e. The number of hydrogen-bond acceptors (Lipinski definition) is 2. The van der Waals surface area contributed by atoms with Gasteiger partial charge in [-0.05, 0) is 24.7 Å². The molecule has 0 spiro atoms. The molecule has 0 amide bonds. The summed E-state index contributed by atoms with van der Waals surface area (Å²) in [6.07, 6.45) is 9.30. The smallest absolute Gasteiger partial charge is 0.303 e. The minimum absolute atomic E-state index is 0.330. The van der Waals surface area contributed by atoms with Crippen molar-refractivity contribution in [1.82, 2.24) is 0 Å². The Balaban J connectivity index is 0. The average molecular weight is 288 g/mol. The van der Waals surface area contributed by atoms with Gasteiger partial charge in [-0.3, -0.25) is 4.79 Å². The summed E-state index contributed by atoms with van der Waals surface area (Å²) in [4.78, 5) is 10.1. The van der Waals surface area contributed by atoms with Crippen LogP contribution < -0.4 is 0 Å². The number of carbonyl (C=O) groups is 1. The van der Waals surface area contributed by atoms with Crippen molar-refractivity contribution in [2.75, 3.05) is 6.61 Å². The van der Waals surface area contributed by atoms with Crippen LogP contribution in [0.15, 0.2) is 0 Å². The van der Waals surface area contributed by atoms with Crippen LogP contribution in [0.2, 0.25) is 0 Å². The van der Waals surface area contributed by atoms with Gasteiger partial charge in [-0.25, -0.2) is 0 Å². The summed E-state index contributed by atoms with van der Waals surface area (Å²) in [6, 6.07) is 0. The third kappa shape index (κ3) is 19.8. The fourth-order valence-electron chi connectivity index (χ4n) is 1.78. The summed E-state index contributed by atoms with van der Waals surface area (Å²) in [7, 11) is 0. The van der Waals surface area contributed by atoms with Crippen molar-refractivity contribution in [3.63, 3.8) is 0 Å². The summed E-state index contributed by atoms with van der Waals surface area (Å²) in [6.45, 7) is 9.21. The predicted molar refractivity (Wildman–Crippen MR) is 86.0 cm³/mol. The molecule has 0 aromatic heterocycles. The molecule has 2 atom stereocenters. The summed E-state index contributed by atoms with van der Waals surface area (Å²) < 4.78 is 0. The van der Waals surface area contributed by atoms with Crippen LogP contribution in [0.3, 0.4) is 0 Å². The summed E-state index contributed by atoms with van der Waals surface area (Å²) in [5.41, 5.74) is 0. The lowest BCUT2D eigenvalue weighted by Gasteiger charge is -2.05. The van der Waals surface area contributed by atoms with Crippen LogP contribution >= 0.6 is 0 Å². The van der Waals surface area contributed by atoms with E-state index in [0.29, 0.717) is 13.0 Å². The molecule has 2 unspecified atom stereocenters. The molecule has 0 aromatic carbocycles. The fourth-order valence-corrected chi connectivity index (χ4v) is 1.78. The quantitative estimate of drug-likeness (QED) is 0.533. The molecule has 20 heavy (non-hydrogen) atoms. The summed E-state index contributed by atoms with van der Waals surface area (Å²) in [5, 5.41) is 16.8. The number of carboxylic acid groups (broad SMARTS) is 1. The first-order valence-electron chi connectivity index (χ1n) is 8.30. The Labute approximate surface area is 125 Å². The van der Waals surface area contributed by atoms with Crippen LogP contribution in [-0.2, 0) is 4.79 Å². The van der Waals surface area contributed by atoms with Gasteiger partial charge in [0, 0.05) is 13.0 Å². The molecule has 2 N–H and O–H groups in total. The highest BCUT2D eigenvalue weighted by atomic mass is 16.4. The molecule has 0 bridgehead atoms. The molecule has 0 saturated carbocycles. The maximum atomic E-state index is 10.1. The SMILES string of the molecule is CCC(C)CCCCC(=O)O.CCC(C)CCCCO. The Hall–Kier alpha value is -0.570. The monoisotopic (exact) mass is 288 g/mol. The lowest BCUT2D eigenvalue weighted by atomic mass is 10.0. The van der Waals surface area contributed by atoms with Gasteiger partial charge in [0.25, 0.3) is 0 Å². The highest BCUT2D eigenvalue weighted by Crippen LogP contribution is 2.12. The van der Waals surface area contributed by atoms with Crippen molar-refractivity contribution in [3.8, 4) is 0 Å². The van der Waals surface area contributed by atoms with Crippen molar-refractivity contribution in [2.45, 2.75) is 85.5 Å². The number of rotatable bonds is 11. The first kappa shape index (κ1) is 21.7. The van der Waals surface area contributed by atoms with Crippen molar-refractivity contribution < 1.29 is 15.0 Å². The zero-order valence-electron chi connectivity index (χ0n) is 14.0. The molecule has 122 valence electrons. The Morgan fingerprint density at radius 1 is 0.900 bits per heavy atom. The van der Waals surface area contributed by atoms with Gasteiger partial charge in [-0.15, -0.1) is 0 Å². The molecule has 0 radical (unpaired) electrons. The van der Waals surface area contributed by atoms with Gasteiger partial charge in [0.15, 0.2) is 0 Å². The zero-order valence-corrected chi connectivity index (χ0v) is 14.0. The van der Waals surface area contributed by atoms with Crippen LogP contribution in [0.4, 0.5) is 0 Å². The van der Waals surface area contributed by atoms with E-state index in [9.17, 15) is 4.79 Å². The Morgan fingerprint density at radius 3 is 1.70 bits per heavy atom. The number of unbranched alkanes of at least 4 members (excludes halogenated alkanes) is 2. The molecular weight excluding hydrogens is 252 g/mol. The van der Waals surface area contributed by atoms with E-state index in [1.807, 2.05) is 0 Å². The molecule has 0 rings (SSSR count). The molecule has 0 heterocycles. The van der Waals surface area contributed by atoms with E-state index in [1.165, 1.54) is 32.1 Å². The van der Waals surface area contributed by atoms with Crippen LogP contribution in [0.5, 0.6) is 0 Å². The molecule has 0 saturated heterocycles. The minimum atomic E-state index is -0.672. The van der Waals surface area contributed by atoms with Gasteiger partial charge in [0.2, 0.25) is 0 Å². The van der Waals surface area contributed by atoms with Crippen LogP contribution in [0.1, 0.15) is 85.5 Å². The zero-order chi connectivity index (χ0) is 15.8. The third-order valence-corrected chi connectivity index (χ3v) is 3.84. The molecule has 0 aliphatic carbocycles. The second-order valence-electron chi connectivity index (χ2n) is 5.89. The van der Waals surface area contributed by atoms with E-state index in [4.69, 9.17) is 10.2 Å². The Bertz CT molecular complexity index is 204. The van der Waals surface area contributed by atoms with Crippen molar-refractivity contribution in [3.05, 3.63) is 0 Å². The third-order valence-electron chi connectivity index (χ3n) is 3.84. The number of hydrogen-bond donors (Lipinski definition) is 2. The highest BCUT2D eigenvalue weighted by Gasteiger charge is 2.00. The highest BCUT2D eigenvalue weighted by molar-refractivity contribution is 5.66. The minimum Gasteiger partial charge on any atom is -0.481 e. The largest absolute Gasteiger partial charge is 0.481 e. The first-order chi connectivity index (χ1) is 9.47. The normalized spacial score (nSPS) is 13.2. The van der Waals surface area contributed by atoms with Gasteiger partial charge < -0.3 is 10.2 Å². The molecule has 0 aromatic rings. The molecule has 0 aliphatic heterocycles. The lowest BCUT2D eigenvalue weighted by molar-refractivity contribution is -0.137. The van der Waals surface area contributed by atoms with Crippen LogP contribution in [0.25, 0.3) is 0 Å². The topological polar surface area (TPSA) is 57.5 Å². The van der Waals surface area contributed by atoms with Crippen molar-refractivity contribution in [1.29, 1.82) is 0 Å². The molecule has 0 aliphatic rings. The standard InChI is InChI=1S/C9H18O2.C8H18O/c1-3-8(2)6-4-5-7-9(10)11;1-3-8(2)6-4-5-7-9/h8H,3-7H2,1-2H3,(H,10,11);8-9H,3-7H2,1-2H3. The van der Waals surface area contributed by atoms with Gasteiger partial charge in [-0.2, -0.15) is 0 Å². The maximum absolute atomic E-state index is 10.1. The molecule has 0 fully saturated rings. The Kier molecular flexibility index (Phi) is 17.9. The predicted octanol–water partition coefficient (Wildman–Crippen LogP) is 4.87. The Morgan fingerprint density at radius 2 is 1.35 bits per heavy atom. The van der Waals surface area contributed by atoms with Gasteiger partial charge in [0.1, 0.15) is 0 Å². The van der Waals surface area contributed by atoms with Gasteiger partial charge in [0.05, 0.1) is 0 Å². The second kappa shape index (κ2) is 16.5. The summed E-state index contributed by atoms with van der Waals surface area (Å²) >= 11 is 0. The summed E-state index contributed by atoms with van der Waals surface area (Å²) in [5.74, 6) is 0.925. The number of aliphatic hydroxyl groups is 1. The van der Waals surface area contributed by atoms with E-state index in [0.717, 1.165) is 31.1 Å². The van der Waals surface area contributed by atoms with Crippen molar-refractivity contribution in [2.24, 2.45) is 11.8 Å². The fraction of sp³-hybridized carbons (Fsp3) is 0.941. The molecular formula is C17H36O3. The first-order valence-corrected chi connectivity index (χ1v) is 8.30. The van der Waals surface area contributed by atoms with E-state index in [2.05, 4.69) is 27.7 Å². The molecule has 3 nitrogen and oxygen atoms in total. The average Bonchev–Trinajstić information content (AvgIpc) is 2.43. The lowest BCUT2D eigenvalue weighted by Crippen LogP contribution is -1.96. The van der Waals surface area contributed by atoms with Gasteiger partial charge in [-0.1, -0.05) is 66.2 Å². The van der Waals surface area contributed by atoms with E-state index >= 15 is 0 Å².